The fourth-order valence-corrected chi connectivity index (χ4v) is 1.30. The van der Waals surface area contributed by atoms with Gasteiger partial charge in [0.05, 0.1) is 11.8 Å². The minimum absolute atomic E-state index is 0.326. The van der Waals surface area contributed by atoms with E-state index in [9.17, 15) is 4.79 Å². The summed E-state index contributed by atoms with van der Waals surface area (Å²) in [5.74, 6) is -0.897. The Morgan fingerprint density at radius 2 is 2.40 bits per heavy atom. The van der Waals surface area contributed by atoms with E-state index in [2.05, 4.69) is 15.4 Å². The van der Waals surface area contributed by atoms with Crippen LogP contribution in [0.15, 0.2) is 35.6 Å². The summed E-state index contributed by atoms with van der Waals surface area (Å²) in [6.07, 6.45) is 9.10. The third-order valence-electron chi connectivity index (χ3n) is 2.05. The lowest BCUT2D eigenvalue weighted by Crippen LogP contribution is -2.00. The maximum atomic E-state index is 10.6. The highest BCUT2D eigenvalue weighted by atomic mass is 16.4. The van der Waals surface area contributed by atoms with E-state index in [-0.39, 0.29) is 0 Å². The molecular formula is C10H9N3O2. The summed E-state index contributed by atoms with van der Waals surface area (Å²) in [6.45, 7) is 0. The lowest BCUT2D eigenvalue weighted by atomic mass is 10.0. The predicted molar refractivity (Wildman–Crippen MR) is 53.8 cm³/mol. The van der Waals surface area contributed by atoms with E-state index in [0.29, 0.717) is 12.0 Å². The van der Waals surface area contributed by atoms with Crippen LogP contribution in [0, 0.1) is 0 Å². The first-order chi connectivity index (χ1) is 7.25. The van der Waals surface area contributed by atoms with Crippen molar-refractivity contribution in [2.75, 3.05) is 0 Å². The van der Waals surface area contributed by atoms with E-state index in [1.807, 2.05) is 6.08 Å². The van der Waals surface area contributed by atoms with Crippen LogP contribution in [-0.4, -0.2) is 26.5 Å². The number of H-pyrrole nitrogens is 1. The van der Waals surface area contributed by atoms with Crippen LogP contribution in [0.5, 0.6) is 0 Å². The van der Waals surface area contributed by atoms with Gasteiger partial charge < -0.3 is 5.11 Å². The number of aromatic nitrogens is 3. The zero-order chi connectivity index (χ0) is 10.7. The van der Waals surface area contributed by atoms with Crippen molar-refractivity contribution in [2.45, 2.75) is 6.42 Å². The highest BCUT2D eigenvalue weighted by Gasteiger charge is 2.07. The molecule has 1 heterocycles. The number of hydrogen-bond donors (Lipinski definition) is 2. The molecule has 2 N–H and O–H groups in total. The molecule has 0 fully saturated rings. The normalized spacial score (nSPS) is 17.9. The Labute approximate surface area is 85.8 Å². The van der Waals surface area contributed by atoms with E-state index in [1.165, 1.54) is 0 Å². The van der Waals surface area contributed by atoms with Crippen LogP contribution in [0.3, 0.4) is 0 Å². The number of aliphatic carboxylic acids is 1. The van der Waals surface area contributed by atoms with Gasteiger partial charge in [0.2, 0.25) is 0 Å². The molecule has 1 aromatic rings. The van der Waals surface area contributed by atoms with Gasteiger partial charge in [0.15, 0.2) is 0 Å². The summed E-state index contributed by atoms with van der Waals surface area (Å²) in [5.41, 5.74) is 2.07. The van der Waals surface area contributed by atoms with E-state index in [4.69, 9.17) is 5.11 Å². The lowest BCUT2D eigenvalue weighted by Gasteiger charge is -2.04. The zero-order valence-electron chi connectivity index (χ0n) is 7.84. The summed E-state index contributed by atoms with van der Waals surface area (Å²) < 4.78 is 0. The molecule has 0 amide bonds. The Morgan fingerprint density at radius 3 is 2.93 bits per heavy atom. The predicted octanol–water partition coefficient (Wildman–Crippen LogP) is 1.16. The third kappa shape index (κ3) is 2.19. The Bertz CT molecular complexity index is 455. The molecule has 5 nitrogen and oxygen atoms in total. The Kier molecular flexibility index (Phi) is 2.45. The van der Waals surface area contributed by atoms with Crippen LogP contribution in [0.25, 0.3) is 6.08 Å². The Balaban J connectivity index is 2.13. The average Bonchev–Trinajstić information content (AvgIpc) is 2.71. The highest BCUT2D eigenvalue weighted by Crippen LogP contribution is 2.17. The van der Waals surface area contributed by atoms with Crippen LogP contribution < -0.4 is 0 Å². The fraction of sp³-hybridized carbons (Fsp3) is 0.100. The second-order valence-corrected chi connectivity index (χ2v) is 3.12. The smallest absolute Gasteiger partial charge is 0.335 e. The molecule has 0 aliphatic heterocycles. The monoisotopic (exact) mass is 203 g/mol. The molecule has 0 bridgehead atoms. The molecule has 0 radical (unpaired) electrons. The molecule has 0 spiro atoms. The number of carboxylic acid groups (broad SMARTS) is 1. The van der Waals surface area contributed by atoms with Gasteiger partial charge in [0, 0.05) is 0 Å². The first-order valence-corrected chi connectivity index (χ1v) is 4.43. The number of aromatic amines is 1. The van der Waals surface area contributed by atoms with Gasteiger partial charge in [-0.25, -0.2) is 4.79 Å². The second-order valence-electron chi connectivity index (χ2n) is 3.12. The van der Waals surface area contributed by atoms with Gasteiger partial charge in [0.1, 0.15) is 5.69 Å². The van der Waals surface area contributed by atoms with Gasteiger partial charge in [-0.05, 0) is 24.1 Å². The molecule has 76 valence electrons. The summed E-state index contributed by atoms with van der Waals surface area (Å²) in [4.78, 5) is 10.6. The summed E-state index contributed by atoms with van der Waals surface area (Å²) in [6, 6.07) is 0. The number of rotatable bonds is 2. The van der Waals surface area contributed by atoms with Crippen molar-refractivity contribution < 1.29 is 9.90 Å². The van der Waals surface area contributed by atoms with Crippen LogP contribution in [0.1, 0.15) is 12.1 Å². The maximum Gasteiger partial charge on any atom is 0.335 e. The zero-order valence-corrected chi connectivity index (χ0v) is 7.84. The first-order valence-electron chi connectivity index (χ1n) is 4.43. The minimum atomic E-state index is -0.897. The fourth-order valence-electron chi connectivity index (χ4n) is 1.30. The molecule has 0 saturated carbocycles. The topological polar surface area (TPSA) is 78.9 Å². The van der Waals surface area contributed by atoms with Gasteiger partial charge in [-0.1, -0.05) is 12.2 Å². The standard InChI is InChI=1S/C10H9N3O2/c14-10(15)8-3-1-7(2-4-8)5-9-6-11-13-12-9/h1,3-6H,2H2,(H,14,15)(H,11,12,13). The van der Waals surface area contributed by atoms with Gasteiger partial charge in [-0.3, -0.25) is 0 Å². The Morgan fingerprint density at radius 1 is 1.53 bits per heavy atom. The van der Waals surface area contributed by atoms with E-state index in [0.717, 1.165) is 11.3 Å². The van der Waals surface area contributed by atoms with Crippen molar-refractivity contribution in [1.82, 2.24) is 15.4 Å². The van der Waals surface area contributed by atoms with E-state index in [1.54, 1.807) is 24.4 Å². The number of carbonyl (C=O) groups is 1. The molecule has 0 unspecified atom stereocenters. The number of carboxylic acids is 1. The van der Waals surface area contributed by atoms with Gasteiger partial charge in [-0.2, -0.15) is 15.4 Å². The molecule has 1 aliphatic carbocycles. The molecule has 0 aromatic carbocycles. The molecule has 1 aromatic heterocycles. The van der Waals surface area contributed by atoms with Gasteiger partial charge in [-0.15, -0.1) is 0 Å². The van der Waals surface area contributed by atoms with Crippen molar-refractivity contribution >= 4 is 12.0 Å². The van der Waals surface area contributed by atoms with Crippen LogP contribution in [0.4, 0.5) is 0 Å². The number of nitrogens with one attached hydrogen (secondary N) is 1. The first kappa shape index (κ1) is 9.39. The third-order valence-corrected chi connectivity index (χ3v) is 2.05. The SMILES string of the molecule is O=C(O)C1=CCC(=Cc2cn[nH]n2)C=C1. The lowest BCUT2D eigenvalue weighted by molar-refractivity contribution is -0.132. The highest BCUT2D eigenvalue weighted by molar-refractivity contribution is 5.90. The molecule has 1 aliphatic rings. The van der Waals surface area contributed by atoms with Crippen LogP contribution in [0.2, 0.25) is 0 Å². The summed E-state index contributed by atoms with van der Waals surface area (Å²) in [7, 11) is 0. The number of nitrogens with zero attached hydrogens (tertiary/aromatic N) is 2. The second kappa shape index (κ2) is 3.91. The quantitative estimate of drug-likeness (QED) is 0.755. The molecule has 2 rings (SSSR count). The largest absolute Gasteiger partial charge is 0.478 e. The van der Waals surface area contributed by atoms with Gasteiger partial charge >= 0.3 is 5.97 Å². The summed E-state index contributed by atoms with van der Waals surface area (Å²) >= 11 is 0. The van der Waals surface area contributed by atoms with Crippen molar-refractivity contribution in [1.29, 1.82) is 0 Å². The molecule has 0 atom stereocenters. The van der Waals surface area contributed by atoms with Crippen LogP contribution in [-0.2, 0) is 4.79 Å². The van der Waals surface area contributed by atoms with E-state index >= 15 is 0 Å². The van der Waals surface area contributed by atoms with E-state index < -0.39 is 5.97 Å². The van der Waals surface area contributed by atoms with Gasteiger partial charge in [0.25, 0.3) is 0 Å². The van der Waals surface area contributed by atoms with Crippen molar-refractivity contribution in [3.05, 3.63) is 41.3 Å². The molecule has 5 heteroatoms. The summed E-state index contributed by atoms with van der Waals surface area (Å²) in [5, 5.41) is 18.8. The number of allylic oxidation sites excluding steroid dienone is 3. The molecule has 15 heavy (non-hydrogen) atoms. The molecule has 0 saturated heterocycles. The van der Waals surface area contributed by atoms with Crippen molar-refractivity contribution in [3.63, 3.8) is 0 Å². The van der Waals surface area contributed by atoms with Crippen LogP contribution >= 0.6 is 0 Å². The van der Waals surface area contributed by atoms with Crippen molar-refractivity contribution in [3.8, 4) is 0 Å². The Hall–Kier alpha value is -2.17. The molecular weight excluding hydrogens is 194 g/mol. The maximum absolute atomic E-state index is 10.6. The average molecular weight is 203 g/mol. The number of hydrogen-bond acceptors (Lipinski definition) is 3. The van der Waals surface area contributed by atoms with Crippen molar-refractivity contribution in [2.24, 2.45) is 0 Å². The minimum Gasteiger partial charge on any atom is -0.478 e.